The Kier molecular flexibility index (Phi) is 9.80. The van der Waals surface area contributed by atoms with Crippen LogP contribution in [-0.2, 0) is 19.2 Å². The van der Waals surface area contributed by atoms with E-state index in [-0.39, 0.29) is 47.7 Å². The van der Waals surface area contributed by atoms with Gasteiger partial charge in [0.25, 0.3) is 23.6 Å². The summed E-state index contributed by atoms with van der Waals surface area (Å²) in [6, 6.07) is 14.7. The number of anilines is 2. The highest BCUT2D eigenvalue weighted by Gasteiger charge is 2.43. The van der Waals surface area contributed by atoms with Gasteiger partial charge in [-0.2, -0.15) is 0 Å². The fraction of sp³-hybridized carbons (Fsp3) is 0.409. The summed E-state index contributed by atoms with van der Waals surface area (Å²) in [5, 5.41) is 0. The van der Waals surface area contributed by atoms with Crippen LogP contribution in [0, 0.1) is 17.8 Å². The first-order chi connectivity index (χ1) is 25.4. The minimum Gasteiger partial charge on any atom is -0.490 e. The number of carbonyl (C=O) groups is 4. The topological polar surface area (TPSA) is 93.2 Å². The van der Waals surface area contributed by atoms with Gasteiger partial charge >= 0.3 is 0 Å². The van der Waals surface area contributed by atoms with Gasteiger partial charge in [0.1, 0.15) is 23.7 Å². The van der Waals surface area contributed by atoms with Crippen molar-refractivity contribution in [3.05, 3.63) is 108 Å². The van der Waals surface area contributed by atoms with Crippen LogP contribution in [0.25, 0.3) is 0 Å². The first-order valence-electron chi connectivity index (χ1n) is 19.2. The predicted octanol–water partition coefficient (Wildman–Crippen LogP) is 8.49. The first kappa shape index (κ1) is 34.1. The number of ether oxygens (including phenoxy) is 2. The standard InChI is InChI=1S/C44H46N2O6/c47-40-25-26-41(48)45(40)30-17-21-32(22-18-30)51-38-15-6-4-11-35(38)36-14-8-13-34(29-9-2-1-3-10-29)44(36)37-12-5-7-16-39(37)52-33-23-19-31(20-24-33)46-42(49)27-28-43(46)50/h8,13-14,17-28,35,37-39,44H,1-7,9-12,15-16H2. The third-order valence-corrected chi connectivity index (χ3v) is 11.8. The van der Waals surface area contributed by atoms with Crippen LogP contribution >= 0.6 is 0 Å². The van der Waals surface area contributed by atoms with Gasteiger partial charge in [-0.3, -0.25) is 19.2 Å². The molecule has 2 heterocycles. The Labute approximate surface area is 305 Å². The van der Waals surface area contributed by atoms with Gasteiger partial charge in [0.2, 0.25) is 0 Å². The van der Waals surface area contributed by atoms with E-state index in [2.05, 4.69) is 18.2 Å². The van der Waals surface area contributed by atoms with E-state index in [0.29, 0.717) is 17.3 Å². The molecule has 2 aromatic carbocycles. The van der Waals surface area contributed by atoms with Crippen molar-refractivity contribution in [3.63, 3.8) is 0 Å². The summed E-state index contributed by atoms with van der Waals surface area (Å²) >= 11 is 0. The Balaban J connectivity index is 1.07. The molecule has 8 heteroatoms. The number of hydrogen-bond donors (Lipinski definition) is 0. The molecule has 0 radical (unpaired) electrons. The van der Waals surface area contributed by atoms with Crippen LogP contribution in [0.1, 0.15) is 83.5 Å². The second-order valence-electron chi connectivity index (χ2n) is 15.0. The van der Waals surface area contributed by atoms with Gasteiger partial charge in [0.05, 0.1) is 11.4 Å². The third kappa shape index (κ3) is 6.83. The lowest BCUT2D eigenvalue weighted by atomic mass is 9.63. The fourth-order valence-electron chi connectivity index (χ4n) is 9.37. The highest BCUT2D eigenvalue weighted by atomic mass is 16.5. The van der Waals surface area contributed by atoms with Gasteiger partial charge in [-0.15, -0.1) is 0 Å². The minimum absolute atomic E-state index is 0.00942. The van der Waals surface area contributed by atoms with Crippen LogP contribution in [0.3, 0.4) is 0 Å². The van der Waals surface area contributed by atoms with E-state index in [9.17, 15) is 19.2 Å². The van der Waals surface area contributed by atoms with Crippen LogP contribution in [0.15, 0.2) is 108 Å². The number of benzene rings is 2. The van der Waals surface area contributed by atoms with Gasteiger partial charge in [0.15, 0.2) is 0 Å². The summed E-state index contributed by atoms with van der Waals surface area (Å²) < 4.78 is 13.7. The Hall–Kier alpha value is -4.98. The summed E-state index contributed by atoms with van der Waals surface area (Å²) in [5.74, 6) is 0.987. The number of amides is 4. The molecule has 5 atom stereocenters. The van der Waals surface area contributed by atoms with Gasteiger partial charge in [-0.25, -0.2) is 9.80 Å². The SMILES string of the molecule is O=C1C=CC(=O)N1c1ccc(OC2CCCCC2C2=CC=CC(=C3CCCCC3)C2C2CCCCC2Oc2ccc(N3C(=O)C=CC3=O)cc2)cc1. The highest BCUT2D eigenvalue weighted by molar-refractivity contribution is 6.28. The molecular formula is C44H46N2O6. The van der Waals surface area contributed by atoms with Crippen LogP contribution in [0.2, 0.25) is 0 Å². The van der Waals surface area contributed by atoms with Gasteiger partial charge in [-0.1, -0.05) is 48.6 Å². The average Bonchev–Trinajstić information content (AvgIpc) is 3.70. The van der Waals surface area contributed by atoms with E-state index in [1.165, 1.54) is 70.9 Å². The molecule has 0 saturated heterocycles. The normalized spacial score (nSPS) is 27.8. The van der Waals surface area contributed by atoms with Crippen LogP contribution in [0.5, 0.6) is 11.5 Å². The van der Waals surface area contributed by atoms with Crippen LogP contribution in [-0.4, -0.2) is 35.8 Å². The second-order valence-corrected chi connectivity index (χ2v) is 15.0. The molecule has 4 amide bonds. The number of hydrogen-bond acceptors (Lipinski definition) is 6. The van der Waals surface area contributed by atoms with Crippen molar-refractivity contribution in [3.8, 4) is 11.5 Å². The quantitative estimate of drug-likeness (QED) is 0.257. The second kappa shape index (κ2) is 14.9. The number of carbonyl (C=O) groups excluding carboxylic acids is 4. The molecule has 4 aliphatic carbocycles. The number of rotatable bonds is 8. The maximum absolute atomic E-state index is 12.3. The third-order valence-electron chi connectivity index (χ3n) is 11.8. The van der Waals surface area contributed by atoms with E-state index in [0.717, 1.165) is 69.3 Å². The van der Waals surface area contributed by atoms with Crippen molar-refractivity contribution in [2.24, 2.45) is 17.8 Å². The first-order valence-corrected chi connectivity index (χ1v) is 19.2. The molecule has 2 aromatic rings. The molecule has 3 fully saturated rings. The van der Waals surface area contributed by atoms with E-state index in [4.69, 9.17) is 9.47 Å². The molecule has 268 valence electrons. The predicted molar refractivity (Wildman–Crippen MR) is 200 cm³/mol. The zero-order valence-corrected chi connectivity index (χ0v) is 29.6. The largest absolute Gasteiger partial charge is 0.490 e. The zero-order chi connectivity index (χ0) is 35.6. The number of allylic oxidation sites excluding steroid dienone is 5. The van der Waals surface area contributed by atoms with E-state index in [1.807, 2.05) is 24.3 Å². The van der Waals surface area contributed by atoms with Gasteiger partial charge < -0.3 is 9.47 Å². The molecule has 8 nitrogen and oxygen atoms in total. The molecule has 8 rings (SSSR count). The lowest BCUT2D eigenvalue weighted by Crippen LogP contribution is -2.42. The molecule has 6 aliphatic rings. The van der Waals surface area contributed by atoms with Gasteiger partial charge in [0, 0.05) is 42.1 Å². The molecule has 0 N–H and O–H groups in total. The summed E-state index contributed by atoms with van der Waals surface area (Å²) in [6.07, 6.45) is 27.0. The fourth-order valence-corrected chi connectivity index (χ4v) is 9.37. The Morgan fingerprint density at radius 2 is 1.02 bits per heavy atom. The summed E-state index contributed by atoms with van der Waals surface area (Å²) in [5.41, 5.74) is 5.65. The maximum atomic E-state index is 12.3. The summed E-state index contributed by atoms with van der Waals surface area (Å²) in [6.45, 7) is 0. The Bertz CT molecular complexity index is 1840. The Morgan fingerprint density at radius 1 is 0.519 bits per heavy atom. The van der Waals surface area contributed by atoms with E-state index in [1.54, 1.807) is 29.8 Å². The maximum Gasteiger partial charge on any atom is 0.258 e. The van der Waals surface area contributed by atoms with E-state index >= 15 is 0 Å². The minimum atomic E-state index is -0.327. The summed E-state index contributed by atoms with van der Waals surface area (Å²) in [4.78, 5) is 51.4. The molecule has 0 bridgehead atoms. The Morgan fingerprint density at radius 3 is 1.60 bits per heavy atom. The van der Waals surface area contributed by atoms with Crippen molar-refractivity contribution < 1.29 is 28.7 Å². The highest BCUT2D eigenvalue weighted by Crippen LogP contribution is 2.49. The monoisotopic (exact) mass is 698 g/mol. The van der Waals surface area contributed by atoms with Crippen molar-refractivity contribution >= 4 is 35.0 Å². The number of imide groups is 2. The van der Waals surface area contributed by atoms with E-state index < -0.39 is 0 Å². The molecule has 2 aliphatic heterocycles. The lowest BCUT2D eigenvalue weighted by molar-refractivity contribution is -0.121. The molecule has 52 heavy (non-hydrogen) atoms. The summed E-state index contributed by atoms with van der Waals surface area (Å²) in [7, 11) is 0. The van der Waals surface area contributed by atoms with Crippen molar-refractivity contribution in [1.29, 1.82) is 0 Å². The van der Waals surface area contributed by atoms with Gasteiger partial charge in [-0.05, 0) is 118 Å². The molecule has 3 saturated carbocycles. The van der Waals surface area contributed by atoms with Crippen LogP contribution in [0.4, 0.5) is 11.4 Å². The van der Waals surface area contributed by atoms with Crippen molar-refractivity contribution in [2.45, 2.75) is 95.7 Å². The average molecular weight is 699 g/mol. The van der Waals surface area contributed by atoms with Crippen molar-refractivity contribution in [2.75, 3.05) is 9.80 Å². The van der Waals surface area contributed by atoms with Crippen LogP contribution < -0.4 is 19.3 Å². The number of nitrogens with zero attached hydrogens (tertiary/aromatic N) is 2. The molecule has 0 spiro atoms. The lowest BCUT2D eigenvalue weighted by Gasteiger charge is -2.45. The molecule has 5 unspecified atom stereocenters. The molecule has 0 aromatic heterocycles. The smallest absolute Gasteiger partial charge is 0.258 e. The van der Waals surface area contributed by atoms with Crippen molar-refractivity contribution in [1.82, 2.24) is 0 Å². The zero-order valence-electron chi connectivity index (χ0n) is 29.6. The molecular weight excluding hydrogens is 652 g/mol.